The van der Waals surface area contributed by atoms with Gasteiger partial charge in [-0.15, -0.1) is 11.3 Å². The smallest absolute Gasteiger partial charge is 0.315 e. The number of carbonyl (C=O) groups excluding carboxylic acids is 1. The van der Waals surface area contributed by atoms with Gasteiger partial charge in [-0.2, -0.15) is 4.98 Å². The normalized spacial score (nSPS) is 10.5. The lowest BCUT2D eigenvalue weighted by molar-refractivity contribution is 0.238. The first-order valence-corrected chi connectivity index (χ1v) is 8.03. The van der Waals surface area contributed by atoms with Crippen molar-refractivity contribution in [3.8, 4) is 11.4 Å². The summed E-state index contributed by atoms with van der Waals surface area (Å²) in [7, 11) is 0. The van der Waals surface area contributed by atoms with Crippen LogP contribution in [0.15, 0.2) is 46.3 Å². The fraction of sp³-hybridized carbons (Fsp3) is 0.188. The monoisotopic (exact) mass is 328 g/mol. The summed E-state index contributed by atoms with van der Waals surface area (Å²) in [6.45, 7) is 2.68. The molecule has 23 heavy (non-hydrogen) atoms. The summed E-state index contributed by atoms with van der Waals surface area (Å²) in [4.78, 5) is 17.1. The Labute approximate surface area is 137 Å². The molecule has 2 amide bonds. The molecule has 0 saturated heterocycles. The van der Waals surface area contributed by atoms with Crippen molar-refractivity contribution in [3.05, 3.63) is 58.1 Å². The predicted molar refractivity (Wildman–Crippen MR) is 87.9 cm³/mol. The van der Waals surface area contributed by atoms with Crippen LogP contribution in [0.3, 0.4) is 0 Å². The number of aryl methyl sites for hydroxylation is 1. The van der Waals surface area contributed by atoms with Gasteiger partial charge in [0, 0.05) is 10.4 Å². The Morgan fingerprint density at radius 3 is 2.78 bits per heavy atom. The Kier molecular flexibility index (Phi) is 4.68. The zero-order valence-electron chi connectivity index (χ0n) is 12.6. The van der Waals surface area contributed by atoms with Crippen molar-refractivity contribution in [3.63, 3.8) is 0 Å². The van der Waals surface area contributed by atoms with E-state index in [0.29, 0.717) is 18.3 Å². The number of nitrogens with zero attached hydrogens (tertiary/aromatic N) is 2. The van der Waals surface area contributed by atoms with Crippen LogP contribution in [0.25, 0.3) is 11.4 Å². The zero-order valence-corrected chi connectivity index (χ0v) is 13.4. The summed E-state index contributed by atoms with van der Waals surface area (Å²) in [5.74, 6) is 0.897. The van der Waals surface area contributed by atoms with Gasteiger partial charge in [0.05, 0.1) is 13.1 Å². The molecule has 0 saturated carbocycles. The molecule has 6 nitrogen and oxygen atoms in total. The maximum absolute atomic E-state index is 11.7. The number of urea groups is 1. The Bertz CT molecular complexity index is 783. The van der Waals surface area contributed by atoms with Crippen LogP contribution in [0.1, 0.15) is 16.3 Å². The quantitative estimate of drug-likeness (QED) is 0.754. The first kappa shape index (κ1) is 15.2. The van der Waals surface area contributed by atoms with E-state index in [9.17, 15) is 4.79 Å². The van der Waals surface area contributed by atoms with Crippen LogP contribution in [0.5, 0.6) is 0 Å². The third kappa shape index (κ3) is 3.95. The molecule has 0 aliphatic carbocycles. The number of rotatable bonds is 5. The van der Waals surface area contributed by atoms with Gasteiger partial charge in [0.25, 0.3) is 0 Å². The van der Waals surface area contributed by atoms with E-state index in [1.54, 1.807) is 11.3 Å². The van der Waals surface area contributed by atoms with Crippen molar-refractivity contribution < 1.29 is 9.32 Å². The second-order valence-electron chi connectivity index (χ2n) is 4.94. The summed E-state index contributed by atoms with van der Waals surface area (Å²) >= 11 is 1.60. The number of benzene rings is 1. The lowest BCUT2D eigenvalue weighted by Gasteiger charge is -2.04. The molecule has 0 aliphatic rings. The molecule has 0 unspecified atom stereocenters. The Balaban J connectivity index is 1.53. The molecule has 2 heterocycles. The number of carbonyl (C=O) groups is 1. The minimum absolute atomic E-state index is 0.190. The minimum atomic E-state index is -0.269. The van der Waals surface area contributed by atoms with Crippen LogP contribution < -0.4 is 10.6 Å². The number of amides is 2. The van der Waals surface area contributed by atoms with Crippen molar-refractivity contribution in [1.29, 1.82) is 0 Å². The second kappa shape index (κ2) is 7.06. The van der Waals surface area contributed by atoms with Gasteiger partial charge < -0.3 is 15.2 Å². The van der Waals surface area contributed by atoms with Gasteiger partial charge in [0.1, 0.15) is 0 Å². The summed E-state index contributed by atoms with van der Waals surface area (Å²) in [6, 6.07) is 11.5. The van der Waals surface area contributed by atoms with Gasteiger partial charge in [-0.05, 0) is 23.9 Å². The van der Waals surface area contributed by atoms with Crippen LogP contribution in [0.2, 0.25) is 0 Å². The third-order valence-electron chi connectivity index (χ3n) is 3.26. The number of nitrogens with one attached hydrogen (secondary N) is 2. The van der Waals surface area contributed by atoms with Gasteiger partial charge in [-0.1, -0.05) is 35.5 Å². The van der Waals surface area contributed by atoms with Gasteiger partial charge in [0.15, 0.2) is 0 Å². The Hall–Kier alpha value is -2.67. The van der Waals surface area contributed by atoms with Gasteiger partial charge in [-0.25, -0.2) is 4.79 Å². The molecule has 2 aromatic heterocycles. The lowest BCUT2D eigenvalue weighted by atomic mass is 10.1. The standard InChI is InChI=1S/C16H16N4O2S/c1-11-5-2-3-7-13(11)15-19-14(22-20-15)10-18-16(21)17-9-12-6-4-8-23-12/h2-8H,9-10H2,1H3,(H2,17,18,21). The molecule has 0 fully saturated rings. The third-order valence-corrected chi connectivity index (χ3v) is 4.13. The summed E-state index contributed by atoms with van der Waals surface area (Å²) in [6.07, 6.45) is 0. The number of hydrogen-bond donors (Lipinski definition) is 2. The fourth-order valence-corrected chi connectivity index (χ4v) is 2.70. The molecule has 0 radical (unpaired) electrons. The van der Waals surface area contributed by atoms with E-state index >= 15 is 0 Å². The van der Waals surface area contributed by atoms with Crippen LogP contribution in [0.4, 0.5) is 4.79 Å². The van der Waals surface area contributed by atoms with Crippen LogP contribution in [-0.4, -0.2) is 16.2 Å². The second-order valence-corrected chi connectivity index (χ2v) is 5.97. The fourth-order valence-electron chi connectivity index (χ4n) is 2.06. The van der Waals surface area contributed by atoms with Gasteiger partial charge in [0.2, 0.25) is 11.7 Å². The van der Waals surface area contributed by atoms with Crippen molar-refractivity contribution in [2.24, 2.45) is 0 Å². The molecule has 0 aliphatic heterocycles. The highest BCUT2D eigenvalue weighted by atomic mass is 32.1. The van der Waals surface area contributed by atoms with E-state index in [4.69, 9.17) is 4.52 Å². The largest absolute Gasteiger partial charge is 0.337 e. The van der Waals surface area contributed by atoms with Crippen molar-refractivity contribution >= 4 is 17.4 Å². The summed E-state index contributed by atoms with van der Waals surface area (Å²) in [5.41, 5.74) is 1.99. The highest BCUT2D eigenvalue weighted by molar-refractivity contribution is 7.09. The molecular weight excluding hydrogens is 312 g/mol. The Morgan fingerprint density at radius 2 is 2.00 bits per heavy atom. The highest BCUT2D eigenvalue weighted by Gasteiger charge is 2.11. The first-order chi connectivity index (χ1) is 11.2. The maximum atomic E-state index is 11.7. The molecule has 0 bridgehead atoms. The van der Waals surface area contributed by atoms with Crippen molar-refractivity contribution in [2.45, 2.75) is 20.0 Å². The average Bonchev–Trinajstić information content (AvgIpc) is 3.23. The predicted octanol–water partition coefficient (Wildman–Crippen LogP) is 3.11. The summed E-state index contributed by atoms with van der Waals surface area (Å²) < 4.78 is 5.17. The van der Waals surface area contributed by atoms with E-state index in [0.717, 1.165) is 16.0 Å². The van der Waals surface area contributed by atoms with Crippen LogP contribution >= 0.6 is 11.3 Å². The van der Waals surface area contributed by atoms with E-state index < -0.39 is 0 Å². The van der Waals surface area contributed by atoms with Crippen LogP contribution in [-0.2, 0) is 13.1 Å². The van der Waals surface area contributed by atoms with E-state index in [2.05, 4.69) is 20.8 Å². The summed E-state index contributed by atoms with van der Waals surface area (Å²) in [5, 5.41) is 11.4. The molecule has 3 aromatic rings. The molecule has 3 rings (SSSR count). The molecular formula is C16H16N4O2S. The van der Waals surface area contributed by atoms with Crippen molar-refractivity contribution in [2.75, 3.05) is 0 Å². The number of thiophene rings is 1. The maximum Gasteiger partial charge on any atom is 0.315 e. The minimum Gasteiger partial charge on any atom is -0.337 e. The Morgan fingerprint density at radius 1 is 1.17 bits per heavy atom. The molecule has 7 heteroatoms. The number of hydrogen-bond acceptors (Lipinski definition) is 5. The number of aromatic nitrogens is 2. The first-order valence-electron chi connectivity index (χ1n) is 7.15. The van der Waals surface area contributed by atoms with Gasteiger partial charge >= 0.3 is 6.03 Å². The average molecular weight is 328 g/mol. The SMILES string of the molecule is Cc1ccccc1-c1noc(CNC(=O)NCc2cccs2)n1. The molecule has 0 atom stereocenters. The highest BCUT2D eigenvalue weighted by Crippen LogP contribution is 2.19. The topological polar surface area (TPSA) is 80.0 Å². The van der Waals surface area contributed by atoms with Crippen LogP contribution in [0, 0.1) is 6.92 Å². The van der Waals surface area contributed by atoms with E-state index in [1.165, 1.54) is 0 Å². The van der Waals surface area contributed by atoms with E-state index in [-0.39, 0.29) is 12.6 Å². The zero-order chi connectivity index (χ0) is 16.1. The molecule has 2 N–H and O–H groups in total. The molecule has 0 spiro atoms. The molecule has 1 aromatic carbocycles. The van der Waals surface area contributed by atoms with Gasteiger partial charge in [-0.3, -0.25) is 0 Å². The van der Waals surface area contributed by atoms with E-state index in [1.807, 2.05) is 48.7 Å². The lowest BCUT2D eigenvalue weighted by Crippen LogP contribution is -2.34. The van der Waals surface area contributed by atoms with Crippen molar-refractivity contribution in [1.82, 2.24) is 20.8 Å². The molecule has 118 valence electrons.